The van der Waals surface area contributed by atoms with Crippen molar-refractivity contribution in [3.8, 4) is 0 Å². The highest BCUT2D eigenvalue weighted by molar-refractivity contribution is 6.30. The minimum absolute atomic E-state index is 0.138. The van der Waals surface area contributed by atoms with E-state index in [1.54, 1.807) is 0 Å². The Morgan fingerprint density at radius 1 is 0.857 bits per heavy atom. The molecule has 0 fully saturated rings. The molecule has 7 heteroatoms. The Morgan fingerprint density at radius 2 is 1.43 bits per heavy atom. The predicted molar refractivity (Wildman–Crippen MR) is 72.7 cm³/mol. The predicted octanol–water partition coefficient (Wildman–Crippen LogP) is 2.69. The van der Waals surface area contributed by atoms with Gasteiger partial charge in [-0.05, 0) is 30.3 Å². The van der Waals surface area contributed by atoms with Crippen molar-refractivity contribution in [2.75, 3.05) is 0 Å². The van der Waals surface area contributed by atoms with Crippen LogP contribution in [0.15, 0.2) is 42.5 Å². The van der Waals surface area contributed by atoms with E-state index in [-0.39, 0.29) is 16.1 Å². The van der Waals surface area contributed by atoms with Gasteiger partial charge in [-0.2, -0.15) is 0 Å². The second-order valence-corrected chi connectivity index (χ2v) is 4.45. The summed E-state index contributed by atoms with van der Waals surface area (Å²) in [6, 6.07) is 8.72. The molecule has 2 aromatic carbocycles. The van der Waals surface area contributed by atoms with E-state index in [0.29, 0.717) is 0 Å². The number of hydrazine groups is 1. The van der Waals surface area contributed by atoms with Gasteiger partial charge in [0.15, 0.2) is 0 Å². The maximum Gasteiger partial charge on any atom is 0.272 e. The van der Waals surface area contributed by atoms with E-state index < -0.39 is 23.4 Å². The first-order valence-corrected chi connectivity index (χ1v) is 6.17. The van der Waals surface area contributed by atoms with Crippen molar-refractivity contribution in [1.82, 2.24) is 10.9 Å². The van der Waals surface area contributed by atoms with Crippen LogP contribution in [0.2, 0.25) is 5.02 Å². The second kappa shape index (κ2) is 6.32. The van der Waals surface area contributed by atoms with Crippen LogP contribution in [0.5, 0.6) is 0 Å². The molecular weight excluding hydrogens is 302 g/mol. The van der Waals surface area contributed by atoms with Gasteiger partial charge in [-0.25, -0.2) is 8.78 Å². The number of nitrogens with one attached hydrogen (secondary N) is 2. The lowest BCUT2D eigenvalue weighted by molar-refractivity contribution is 0.0842. The van der Waals surface area contributed by atoms with Gasteiger partial charge in [-0.1, -0.05) is 23.7 Å². The molecule has 0 bridgehead atoms. The van der Waals surface area contributed by atoms with Gasteiger partial charge in [0.2, 0.25) is 0 Å². The topological polar surface area (TPSA) is 58.2 Å². The van der Waals surface area contributed by atoms with Crippen molar-refractivity contribution in [2.24, 2.45) is 0 Å². The minimum Gasteiger partial charge on any atom is -0.267 e. The third kappa shape index (κ3) is 3.55. The molecule has 0 saturated heterocycles. The Labute approximate surface area is 123 Å². The Morgan fingerprint density at radius 3 is 2.00 bits per heavy atom. The fourth-order valence-electron chi connectivity index (χ4n) is 1.57. The lowest BCUT2D eigenvalue weighted by Crippen LogP contribution is -2.42. The van der Waals surface area contributed by atoms with Gasteiger partial charge >= 0.3 is 0 Å². The van der Waals surface area contributed by atoms with Crippen LogP contribution in [0, 0.1) is 11.6 Å². The van der Waals surface area contributed by atoms with Crippen LogP contribution in [0.3, 0.4) is 0 Å². The lowest BCUT2D eigenvalue weighted by Gasteiger charge is -2.08. The molecule has 4 nitrogen and oxygen atoms in total. The lowest BCUT2D eigenvalue weighted by atomic mass is 10.2. The van der Waals surface area contributed by atoms with Crippen LogP contribution in [0.25, 0.3) is 0 Å². The molecule has 0 aliphatic heterocycles. The summed E-state index contributed by atoms with van der Waals surface area (Å²) in [5.74, 6) is -3.30. The zero-order valence-corrected chi connectivity index (χ0v) is 11.2. The smallest absolute Gasteiger partial charge is 0.267 e. The number of benzene rings is 2. The Balaban J connectivity index is 2.04. The van der Waals surface area contributed by atoms with Crippen LogP contribution in [-0.4, -0.2) is 11.8 Å². The van der Waals surface area contributed by atoms with Gasteiger partial charge in [0.05, 0.1) is 11.1 Å². The highest BCUT2D eigenvalue weighted by Gasteiger charge is 2.15. The van der Waals surface area contributed by atoms with Crippen LogP contribution in [0.4, 0.5) is 8.78 Å². The number of hydrogen-bond acceptors (Lipinski definition) is 2. The summed E-state index contributed by atoms with van der Waals surface area (Å²) in [7, 11) is 0. The van der Waals surface area contributed by atoms with Gasteiger partial charge in [0.1, 0.15) is 11.6 Å². The average molecular weight is 311 g/mol. The molecule has 2 rings (SSSR count). The summed E-state index contributed by atoms with van der Waals surface area (Å²) in [4.78, 5) is 23.4. The molecule has 21 heavy (non-hydrogen) atoms. The quantitative estimate of drug-likeness (QED) is 0.838. The molecule has 0 saturated carbocycles. The van der Waals surface area contributed by atoms with E-state index in [9.17, 15) is 18.4 Å². The second-order valence-electron chi connectivity index (χ2n) is 4.01. The van der Waals surface area contributed by atoms with E-state index in [0.717, 1.165) is 12.1 Å². The first-order valence-electron chi connectivity index (χ1n) is 5.79. The summed E-state index contributed by atoms with van der Waals surface area (Å²) in [6.45, 7) is 0. The van der Waals surface area contributed by atoms with Gasteiger partial charge in [0.25, 0.3) is 11.8 Å². The van der Waals surface area contributed by atoms with Gasteiger partial charge in [0, 0.05) is 5.02 Å². The summed E-state index contributed by atoms with van der Waals surface area (Å²) in [5.41, 5.74) is 3.46. The molecule has 0 heterocycles. The van der Waals surface area contributed by atoms with Crippen molar-refractivity contribution in [2.45, 2.75) is 0 Å². The number of amides is 2. The fraction of sp³-hybridized carbons (Fsp3) is 0. The number of rotatable bonds is 2. The number of halogens is 3. The highest BCUT2D eigenvalue weighted by atomic mass is 35.5. The van der Waals surface area contributed by atoms with Crippen molar-refractivity contribution >= 4 is 23.4 Å². The molecule has 0 aliphatic rings. The average Bonchev–Trinajstić information content (AvgIpc) is 2.45. The molecule has 2 amide bonds. The van der Waals surface area contributed by atoms with Gasteiger partial charge < -0.3 is 0 Å². The normalized spacial score (nSPS) is 10.0. The molecule has 0 radical (unpaired) electrons. The van der Waals surface area contributed by atoms with Crippen molar-refractivity contribution in [3.05, 3.63) is 70.2 Å². The third-order valence-corrected chi connectivity index (χ3v) is 2.82. The molecule has 0 aliphatic carbocycles. The standard InChI is InChI=1S/C14H9ClF2N2O2/c15-8-5-6-10(12(17)7-8)14(21)19-18-13(20)9-3-1-2-4-11(9)16/h1-7H,(H,18,20)(H,19,21). The first-order chi connectivity index (χ1) is 9.99. The van der Waals surface area contributed by atoms with E-state index >= 15 is 0 Å². The minimum atomic E-state index is -0.881. The summed E-state index contributed by atoms with van der Waals surface area (Å²) in [6.07, 6.45) is 0. The van der Waals surface area contributed by atoms with Crippen molar-refractivity contribution < 1.29 is 18.4 Å². The van der Waals surface area contributed by atoms with E-state index in [1.807, 2.05) is 10.9 Å². The summed E-state index contributed by atoms with van der Waals surface area (Å²) < 4.78 is 26.8. The number of carbonyl (C=O) groups is 2. The maximum absolute atomic E-state index is 13.5. The highest BCUT2D eigenvalue weighted by Crippen LogP contribution is 2.14. The van der Waals surface area contributed by atoms with Gasteiger partial charge in [-0.3, -0.25) is 20.4 Å². The zero-order valence-electron chi connectivity index (χ0n) is 10.5. The van der Waals surface area contributed by atoms with Crippen LogP contribution in [-0.2, 0) is 0 Å². The van der Waals surface area contributed by atoms with Crippen LogP contribution in [0.1, 0.15) is 20.7 Å². The zero-order chi connectivity index (χ0) is 15.4. The molecule has 0 atom stereocenters. The third-order valence-electron chi connectivity index (χ3n) is 2.58. The monoisotopic (exact) mass is 310 g/mol. The number of hydrogen-bond donors (Lipinski definition) is 2. The molecular formula is C14H9ClF2N2O2. The molecule has 108 valence electrons. The van der Waals surface area contributed by atoms with Gasteiger partial charge in [-0.15, -0.1) is 0 Å². The van der Waals surface area contributed by atoms with Crippen molar-refractivity contribution in [3.63, 3.8) is 0 Å². The number of carbonyl (C=O) groups excluding carboxylic acids is 2. The Hall–Kier alpha value is -2.47. The Kier molecular flexibility index (Phi) is 4.49. The summed E-state index contributed by atoms with van der Waals surface area (Å²) >= 11 is 5.56. The molecule has 0 unspecified atom stereocenters. The SMILES string of the molecule is O=C(NNC(=O)c1ccc(Cl)cc1F)c1ccccc1F. The van der Waals surface area contributed by atoms with Crippen LogP contribution < -0.4 is 10.9 Å². The fourth-order valence-corrected chi connectivity index (χ4v) is 1.73. The van der Waals surface area contributed by atoms with E-state index in [2.05, 4.69) is 0 Å². The van der Waals surface area contributed by atoms with E-state index in [1.165, 1.54) is 30.3 Å². The largest absolute Gasteiger partial charge is 0.272 e. The first kappa shape index (κ1) is 14.9. The molecule has 0 aromatic heterocycles. The van der Waals surface area contributed by atoms with Crippen LogP contribution >= 0.6 is 11.6 Å². The summed E-state index contributed by atoms with van der Waals surface area (Å²) in [5, 5.41) is 0.138. The Bertz CT molecular complexity index is 707. The van der Waals surface area contributed by atoms with E-state index in [4.69, 9.17) is 11.6 Å². The maximum atomic E-state index is 13.5. The molecule has 2 N–H and O–H groups in total. The van der Waals surface area contributed by atoms with Crippen molar-refractivity contribution in [1.29, 1.82) is 0 Å². The molecule has 2 aromatic rings. The molecule has 0 spiro atoms.